The molecule has 224 valence electrons. The molecule has 3 aromatic rings. The average Bonchev–Trinajstić information content (AvgIpc) is 3.25. The highest BCUT2D eigenvalue weighted by Gasteiger charge is 2.43. The number of benzene rings is 2. The number of H-pyrrole nitrogens is 1. The quantitative estimate of drug-likeness (QED) is 0.178. The predicted molar refractivity (Wildman–Crippen MR) is 141 cm³/mol. The van der Waals surface area contributed by atoms with Crippen molar-refractivity contribution >= 4 is 16.9 Å². The zero-order valence-electron chi connectivity index (χ0n) is 22.6. The van der Waals surface area contributed by atoms with Gasteiger partial charge in [-0.3, -0.25) is 4.90 Å². The van der Waals surface area contributed by atoms with Crippen molar-refractivity contribution in [1.82, 2.24) is 9.88 Å². The van der Waals surface area contributed by atoms with Crippen molar-refractivity contribution in [3.63, 3.8) is 0 Å². The fourth-order valence-electron chi connectivity index (χ4n) is 5.23. The molecule has 0 aliphatic carbocycles. The summed E-state index contributed by atoms with van der Waals surface area (Å²) in [5.41, 5.74) is 1.36. The highest BCUT2D eigenvalue weighted by molar-refractivity contribution is 5.85. The highest BCUT2D eigenvalue weighted by atomic mass is 19.4. The number of unbranched alkanes of at least 4 members (excludes halogenated alkanes) is 2. The van der Waals surface area contributed by atoms with Gasteiger partial charge in [0.05, 0.1) is 32.4 Å². The number of fused-ring (bicyclic) bond motifs is 3. The van der Waals surface area contributed by atoms with Crippen LogP contribution in [0.5, 0.6) is 5.75 Å². The summed E-state index contributed by atoms with van der Waals surface area (Å²) in [4.78, 5) is 14.6. The molecule has 0 radical (unpaired) electrons. The van der Waals surface area contributed by atoms with Crippen LogP contribution in [0, 0.1) is 11.6 Å². The molecule has 1 aliphatic heterocycles. The van der Waals surface area contributed by atoms with E-state index in [4.69, 9.17) is 19.3 Å². The lowest BCUT2D eigenvalue weighted by Gasteiger charge is -2.41. The molecule has 1 aromatic heterocycles. The summed E-state index contributed by atoms with van der Waals surface area (Å²) in [5, 5.41) is 9.30. The summed E-state index contributed by atoms with van der Waals surface area (Å²) in [5.74, 6) is -3.04. The molecule has 2 heterocycles. The van der Waals surface area contributed by atoms with Crippen LogP contribution in [0.3, 0.4) is 0 Å². The molecule has 4 rings (SSSR count). The summed E-state index contributed by atoms with van der Waals surface area (Å²) in [6.45, 7) is 1.02. The number of ether oxygens (including phenoxy) is 3. The van der Waals surface area contributed by atoms with Crippen molar-refractivity contribution in [3.8, 4) is 5.75 Å². The second-order valence-electron chi connectivity index (χ2n) is 10.1. The molecule has 0 unspecified atom stereocenters. The third kappa shape index (κ3) is 7.96. The van der Waals surface area contributed by atoms with Gasteiger partial charge in [0, 0.05) is 46.9 Å². The normalized spacial score (nSPS) is 17.6. The summed E-state index contributed by atoms with van der Waals surface area (Å²) >= 11 is 0. The van der Waals surface area contributed by atoms with Gasteiger partial charge in [0.1, 0.15) is 24.0 Å². The first kappa shape index (κ1) is 30.7. The first-order chi connectivity index (χ1) is 19.5. The number of nitrogens with zero attached hydrogens (tertiary/aromatic N) is 1. The smallest absolute Gasteiger partial charge is 0.401 e. The molecular weight excluding hydrogens is 551 g/mol. The Kier molecular flexibility index (Phi) is 10.2. The number of hydrogen-bond acceptors (Lipinski definition) is 5. The Hall–Kier alpha value is -3.22. The number of carbonyl (C=O) groups is 1. The summed E-state index contributed by atoms with van der Waals surface area (Å²) in [6.07, 6.45) is -2.26. The van der Waals surface area contributed by atoms with Gasteiger partial charge in [-0.05, 0) is 44.2 Å². The first-order valence-electron chi connectivity index (χ1n) is 13.5. The maximum atomic E-state index is 15.5. The van der Waals surface area contributed by atoms with Crippen LogP contribution in [0.2, 0.25) is 0 Å². The van der Waals surface area contributed by atoms with Gasteiger partial charge in [-0.25, -0.2) is 13.6 Å². The molecule has 0 amide bonds. The largest absolute Gasteiger partial charge is 0.493 e. The van der Waals surface area contributed by atoms with E-state index in [1.54, 1.807) is 19.1 Å². The van der Waals surface area contributed by atoms with Gasteiger partial charge in [-0.15, -0.1) is 0 Å². The van der Waals surface area contributed by atoms with Crippen molar-refractivity contribution in [2.75, 3.05) is 39.6 Å². The number of alkyl halides is 3. The van der Waals surface area contributed by atoms with E-state index in [0.717, 1.165) is 28.0 Å². The minimum atomic E-state index is -4.56. The molecule has 0 spiro atoms. The monoisotopic (exact) mass is 584 g/mol. The van der Waals surface area contributed by atoms with Crippen LogP contribution in [0.25, 0.3) is 10.9 Å². The summed E-state index contributed by atoms with van der Waals surface area (Å²) in [6, 6.07) is 7.36. The molecule has 0 fully saturated rings. The lowest BCUT2D eigenvalue weighted by Crippen LogP contribution is -2.47. The minimum absolute atomic E-state index is 0.0429. The molecule has 0 saturated heterocycles. The van der Waals surface area contributed by atoms with Gasteiger partial charge in [0.2, 0.25) is 0 Å². The zero-order valence-corrected chi connectivity index (χ0v) is 22.6. The number of aromatic amines is 1. The molecule has 1 aliphatic rings. The van der Waals surface area contributed by atoms with Gasteiger partial charge < -0.3 is 24.3 Å². The van der Waals surface area contributed by atoms with Gasteiger partial charge in [0.25, 0.3) is 0 Å². The second kappa shape index (κ2) is 13.6. The van der Waals surface area contributed by atoms with Gasteiger partial charge >= 0.3 is 12.1 Å². The van der Waals surface area contributed by atoms with Gasteiger partial charge in [-0.2, -0.15) is 13.2 Å². The van der Waals surface area contributed by atoms with Gasteiger partial charge in [0.15, 0.2) is 0 Å². The van der Waals surface area contributed by atoms with Crippen LogP contribution in [-0.2, 0) is 20.7 Å². The number of carboxylic acid groups (broad SMARTS) is 1. The van der Waals surface area contributed by atoms with Crippen molar-refractivity contribution in [2.45, 2.75) is 50.9 Å². The van der Waals surface area contributed by atoms with E-state index in [2.05, 4.69) is 4.98 Å². The predicted octanol–water partition coefficient (Wildman–Crippen LogP) is 6.01. The maximum Gasteiger partial charge on any atom is 0.401 e. The number of nitrogens with one attached hydrogen (secondary N) is 1. The number of para-hydroxylation sites is 1. The number of aromatic nitrogens is 1. The van der Waals surface area contributed by atoms with E-state index in [1.807, 2.05) is 12.1 Å². The van der Waals surface area contributed by atoms with Crippen molar-refractivity contribution < 1.29 is 46.1 Å². The average molecular weight is 585 g/mol. The van der Waals surface area contributed by atoms with Crippen molar-refractivity contribution in [2.24, 2.45) is 0 Å². The highest BCUT2D eigenvalue weighted by Crippen LogP contribution is 2.44. The third-order valence-corrected chi connectivity index (χ3v) is 7.00. The number of hydrogen-bond donors (Lipinski definition) is 2. The van der Waals surface area contributed by atoms with E-state index < -0.39 is 48.0 Å². The van der Waals surface area contributed by atoms with Crippen LogP contribution in [0.15, 0.2) is 36.4 Å². The van der Waals surface area contributed by atoms with Crippen LogP contribution >= 0.6 is 0 Å². The summed E-state index contributed by atoms with van der Waals surface area (Å²) < 4.78 is 87.6. The number of halogens is 5. The van der Waals surface area contributed by atoms with E-state index >= 15 is 8.78 Å². The number of carboxylic acids is 1. The number of aliphatic carboxylic acids is 1. The molecule has 41 heavy (non-hydrogen) atoms. The molecular formula is C29H33F5N2O5. The Morgan fingerprint density at radius 1 is 1.02 bits per heavy atom. The van der Waals surface area contributed by atoms with E-state index in [-0.39, 0.29) is 32.2 Å². The molecule has 7 nitrogen and oxygen atoms in total. The molecule has 2 N–H and O–H groups in total. The third-order valence-electron chi connectivity index (χ3n) is 7.00. The lowest BCUT2D eigenvalue weighted by atomic mass is 9.88. The fourth-order valence-corrected chi connectivity index (χ4v) is 5.23. The van der Waals surface area contributed by atoms with Crippen LogP contribution in [0.4, 0.5) is 22.0 Å². The van der Waals surface area contributed by atoms with Crippen molar-refractivity contribution in [1.29, 1.82) is 0 Å². The van der Waals surface area contributed by atoms with Crippen LogP contribution < -0.4 is 4.74 Å². The molecule has 2 aromatic carbocycles. The molecule has 12 heteroatoms. The van der Waals surface area contributed by atoms with E-state index in [1.165, 1.54) is 0 Å². The van der Waals surface area contributed by atoms with E-state index in [0.29, 0.717) is 43.5 Å². The Balaban J connectivity index is 1.42. The Bertz CT molecular complexity index is 1310. The zero-order chi connectivity index (χ0) is 29.6. The first-order valence-corrected chi connectivity index (χ1v) is 13.5. The van der Waals surface area contributed by atoms with Crippen LogP contribution in [0.1, 0.15) is 49.0 Å². The Morgan fingerprint density at radius 2 is 1.71 bits per heavy atom. The molecule has 0 saturated carbocycles. The summed E-state index contributed by atoms with van der Waals surface area (Å²) in [7, 11) is 0. The van der Waals surface area contributed by atoms with Gasteiger partial charge in [-0.1, -0.05) is 18.2 Å². The van der Waals surface area contributed by atoms with Crippen molar-refractivity contribution in [3.05, 3.63) is 64.9 Å². The SMILES string of the molecule is C[C@@H]1Cc2c([nH]c3ccccc23)[C@@H](c2c(F)cc(OCCCCCOCCOCC(=O)O)cc2F)N1CC(F)(F)F. The maximum absolute atomic E-state index is 15.5. The fraction of sp³-hybridized carbons (Fsp3) is 0.483. The van der Waals surface area contributed by atoms with E-state index in [9.17, 15) is 18.0 Å². The molecule has 2 atom stereocenters. The topological polar surface area (TPSA) is 84.0 Å². The Morgan fingerprint density at radius 3 is 2.41 bits per heavy atom. The number of rotatable bonds is 14. The minimum Gasteiger partial charge on any atom is -0.493 e. The standard InChI is InChI=1S/C29H33F5N2O5/c1-18-13-21-20-7-3-4-8-24(20)35-27(21)28(36(18)17-29(32,33)34)26-22(30)14-19(15-23(26)31)41-10-6-2-5-9-39-11-12-40-16-25(37)38/h3-4,7-8,14-15,18,28,35H,2,5-6,9-13,16-17H2,1H3,(H,37,38)/t18-,28-/m1/s1. The second-order valence-corrected chi connectivity index (χ2v) is 10.1. The Labute approximate surface area is 234 Å². The van der Waals surface area contributed by atoms with Crippen LogP contribution in [-0.4, -0.2) is 72.8 Å². The molecule has 0 bridgehead atoms. The lowest BCUT2D eigenvalue weighted by molar-refractivity contribution is -0.155.